The van der Waals surface area contributed by atoms with Crippen LogP contribution < -0.4 is 10.0 Å². The molecule has 6 heteroatoms. The molecule has 3 aromatic carbocycles. The van der Waals surface area contributed by atoms with Gasteiger partial charge in [-0.3, -0.25) is 9.21 Å². The van der Waals surface area contributed by atoms with Crippen molar-refractivity contribution in [1.29, 1.82) is 0 Å². The summed E-state index contributed by atoms with van der Waals surface area (Å²) in [6.45, 7) is 1.83. The molecule has 1 aliphatic heterocycles. The van der Waals surface area contributed by atoms with Crippen LogP contribution in [0.15, 0.2) is 89.8 Å². The maximum atomic E-state index is 13.8. The lowest BCUT2D eigenvalue weighted by Crippen LogP contribution is -2.51. The molecule has 3 aromatic rings. The van der Waals surface area contributed by atoms with E-state index in [1.165, 1.54) is 31.2 Å². The Morgan fingerprint density at radius 1 is 0.743 bits per heavy atom. The van der Waals surface area contributed by atoms with E-state index in [2.05, 4.69) is 35.2 Å². The highest BCUT2D eigenvalue weighted by molar-refractivity contribution is 7.92. The SMILES string of the molecule is Nc1ccc(S(=O)(=O)N(c2ccccc2)C2CCN(C3CCCCC3c3ccccc3)CC2)cc1. The summed E-state index contributed by atoms with van der Waals surface area (Å²) >= 11 is 0. The van der Waals surface area contributed by atoms with Crippen molar-refractivity contribution in [3.05, 3.63) is 90.5 Å². The van der Waals surface area contributed by atoms with Crippen molar-refractivity contribution in [3.8, 4) is 0 Å². The Morgan fingerprint density at radius 2 is 1.34 bits per heavy atom. The molecule has 2 atom stereocenters. The quantitative estimate of drug-likeness (QED) is 0.454. The third-order valence-electron chi connectivity index (χ3n) is 7.70. The highest BCUT2D eigenvalue weighted by atomic mass is 32.2. The van der Waals surface area contributed by atoms with Crippen molar-refractivity contribution in [2.75, 3.05) is 23.1 Å². The fraction of sp³-hybridized carbons (Fsp3) is 0.379. The summed E-state index contributed by atoms with van der Waals surface area (Å²) in [6.07, 6.45) is 6.65. The second-order valence-electron chi connectivity index (χ2n) is 9.84. The summed E-state index contributed by atoms with van der Waals surface area (Å²) in [6, 6.07) is 27.5. The summed E-state index contributed by atoms with van der Waals surface area (Å²) in [4.78, 5) is 2.92. The van der Waals surface area contributed by atoms with Gasteiger partial charge in [0.25, 0.3) is 10.0 Å². The van der Waals surface area contributed by atoms with E-state index in [4.69, 9.17) is 5.73 Å². The monoisotopic (exact) mass is 489 g/mol. The highest BCUT2D eigenvalue weighted by Gasteiger charge is 2.38. The third-order valence-corrected chi connectivity index (χ3v) is 9.60. The topological polar surface area (TPSA) is 66.6 Å². The third kappa shape index (κ3) is 5.09. The first kappa shape index (κ1) is 23.9. The highest BCUT2D eigenvalue weighted by Crippen LogP contribution is 2.38. The number of hydrogen-bond acceptors (Lipinski definition) is 4. The number of benzene rings is 3. The maximum absolute atomic E-state index is 13.8. The average molecular weight is 490 g/mol. The summed E-state index contributed by atoms with van der Waals surface area (Å²) in [5.74, 6) is 0.560. The fourth-order valence-corrected chi connectivity index (χ4v) is 7.67. The summed E-state index contributed by atoms with van der Waals surface area (Å²) in [5, 5.41) is 0. The number of hydrogen-bond donors (Lipinski definition) is 1. The molecule has 1 saturated carbocycles. The molecule has 1 heterocycles. The van der Waals surface area contributed by atoms with Crippen LogP contribution in [0.1, 0.15) is 50.0 Å². The van der Waals surface area contributed by atoms with E-state index in [0.29, 0.717) is 17.6 Å². The number of para-hydroxylation sites is 1. The molecule has 2 aliphatic rings. The summed E-state index contributed by atoms with van der Waals surface area (Å²) in [5.41, 5.74) is 8.55. The lowest BCUT2D eigenvalue weighted by Gasteiger charge is -2.45. The molecule has 2 N–H and O–H groups in total. The predicted octanol–water partition coefficient (Wildman–Crippen LogP) is 5.65. The minimum Gasteiger partial charge on any atom is -0.399 e. The molecule has 35 heavy (non-hydrogen) atoms. The van der Waals surface area contributed by atoms with Gasteiger partial charge < -0.3 is 5.73 Å². The summed E-state index contributed by atoms with van der Waals surface area (Å²) in [7, 11) is -3.71. The zero-order chi connectivity index (χ0) is 24.3. The van der Waals surface area contributed by atoms with E-state index in [0.717, 1.165) is 31.6 Å². The summed E-state index contributed by atoms with van der Waals surface area (Å²) < 4.78 is 29.3. The lowest BCUT2D eigenvalue weighted by atomic mass is 9.78. The largest absolute Gasteiger partial charge is 0.399 e. The van der Waals surface area contributed by atoms with E-state index < -0.39 is 10.0 Å². The van der Waals surface area contributed by atoms with Gasteiger partial charge in [-0.05, 0) is 73.6 Å². The first-order valence-corrected chi connectivity index (χ1v) is 14.2. The molecule has 2 fully saturated rings. The van der Waals surface area contributed by atoms with Gasteiger partial charge in [-0.15, -0.1) is 0 Å². The van der Waals surface area contributed by atoms with E-state index >= 15 is 0 Å². The van der Waals surface area contributed by atoms with Gasteiger partial charge in [0.15, 0.2) is 0 Å². The van der Waals surface area contributed by atoms with Crippen LogP contribution in [-0.2, 0) is 10.0 Å². The van der Waals surface area contributed by atoms with Crippen LogP contribution in [0.25, 0.3) is 0 Å². The van der Waals surface area contributed by atoms with E-state index in [1.807, 2.05) is 30.3 Å². The molecule has 1 saturated heterocycles. The van der Waals surface area contributed by atoms with Crippen molar-refractivity contribution < 1.29 is 8.42 Å². The number of sulfonamides is 1. The molecule has 0 aromatic heterocycles. The Labute approximate surface area is 209 Å². The van der Waals surface area contributed by atoms with E-state index in [9.17, 15) is 8.42 Å². The van der Waals surface area contributed by atoms with Crippen LogP contribution in [0.2, 0.25) is 0 Å². The predicted molar refractivity (Wildman–Crippen MR) is 143 cm³/mol. The van der Waals surface area contributed by atoms with Crippen molar-refractivity contribution in [3.63, 3.8) is 0 Å². The number of rotatable bonds is 6. The van der Waals surface area contributed by atoms with Gasteiger partial charge in [0.05, 0.1) is 10.6 Å². The second-order valence-corrected chi connectivity index (χ2v) is 11.7. The van der Waals surface area contributed by atoms with Crippen LogP contribution in [0.4, 0.5) is 11.4 Å². The van der Waals surface area contributed by atoms with Gasteiger partial charge in [0.1, 0.15) is 0 Å². The Kier molecular flexibility index (Phi) is 7.12. The van der Waals surface area contributed by atoms with Crippen LogP contribution in [-0.4, -0.2) is 38.5 Å². The number of anilines is 2. The molecular formula is C29H35N3O2S. The van der Waals surface area contributed by atoms with Crippen molar-refractivity contribution in [2.45, 2.75) is 61.4 Å². The Morgan fingerprint density at radius 3 is 2.00 bits per heavy atom. The molecule has 2 unspecified atom stereocenters. The number of nitrogen functional groups attached to an aromatic ring is 1. The molecule has 0 spiro atoms. The molecule has 1 aliphatic carbocycles. The Bertz CT molecular complexity index is 1190. The first-order valence-electron chi connectivity index (χ1n) is 12.8. The van der Waals surface area contributed by atoms with Gasteiger partial charge in [0, 0.05) is 30.9 Å². The van der Waals surface area contributed by atoms with E-state index in [-0.39, 0.29) is 10.9 Å². The lowest BCUT2D eigenvalue weighted by molar-refractivity contribution is 0.107. The van der Waals surface area contributed by atoms with Gasteiger partial charge >= 0.3 is 0 Å². The van der Waals surface area contributed by atoms with Crippen molar-refractivity contribution >= 4 is 21.4 Å². The van der Waals surface area contributed by atoms with Gasteiger partial charge in [-0.1, -0.05) is 61.4 Å². The van der Waals surface area contributed by atoms with Crippen LogP contribution in [0, 0.1) is 0 Å². The Balaban J connectivity index is 1.37. The fourth-order valence-electron chi connectivity index (χ4n) is 5.96. The zero-order valence-corrected chi connectivity index (χ0v) is 21.0. The number of nitrogens with zero attached hydrogens (tertiary/aromatic N) is 2. The molecule has 184 valence electrons. The number of likely N-dealkylation sites (tertiary alicyclic amines) is 1. The van der Waals surface area contributed by atoms with Crippen molar-refractivity contribution in [2.24, 2.45) is 0 Å². The smallest absolute Gasteiger partial charge is 0.264 e. The van der Waals surface area contributed by atoms with Gasteiger partial charge in [-0.2, -0.15) is 0 Å². The Hall–Kier alpha value is -2.83. The second kappa shape index (κ2) is 10.4. The maximum Gasteiger partial charge on any atom is 0.264 e. The number of piperidine rings is 1. The van der Waals surface area contributed by atoms with Gasteiger partial charge in [0.2, 0.25) is 0 Å². The average Bonchev–Trinajstić information content (AvgIpc) is 2.90. The number of nitrogens with two attached hydrogens (primary N) is 1. The van der Waals surface area contributed by atoms with Crippen LogP contribution in [0.3, 0.4) is 0 Å². The van der Waals surface area contributed by atoms with Crippen LogP contribution >= 0.6 is 0 Å². The van der Waals surface area contributed by atoms with Crippen molar-refractivity contribution in [1.82, 2.24) is 4.90 Å². The van der Waals surface area contributed by atoms with Gasteiger partial charge in [-0.25, -0.2) is 8.42 Å². The minimum atomic E-state index is -3.71. The first-order chi connectivity index (χ1) is 17.0. The molecule has 0 amide bonds. The molecular weight excluding hydrogens is 454 g/mol. The normalized spacial score (nSPS) is 22.1. The molecule has 0 radical (unpaired) electrons. The van der Waals surface area contributed by atoms with E-state index in [1.54, 1.807) is 28.6 Å². The zero-order valence-electron chi connectivity index (χ0n) is 20.2. The molecule has 5 rings (SSSR count). The minimum absolute atomic E-state index is 0.0741. The standard InChI is InChI=1S/C29H35N3O2S/c30-24-15-17-27(18-16-24)35(33,34)32(25-11-5-2-6-12-25)26-19-21-31(22-20-26)29-14-8-7-13-28(29)23-9-3-1-4-10-23/h1-6,9-12,15-18,26,28-29H,7-8,13-14,19-22,30H2. The molecule has 5 nitrogen and oxygen atoms in total. The van der Waals surface area contributed by atoms with Crippen LogP contribution in [0.5, 0.6) is 0 Å². The molecule has 0 bridgehead atoms.